The first-order valence-electron chi connectivity index (χ1n) is 18.2. The number of hydrogen-bond acceptors (Lipinski definition) is 3. The topological polar surface area (TPSA) is 57.4 Å². The highest BCUT2D eigenvalue weighted by Gasteiger charge is 2.20. The normalized spacial score (nSPS) is 11.6. The van der Waals surface area contributed by atoms with Gasteiger partial charge in [-0.2, -0.15) is 10.5 Å². The van der Waals surface area contributed by atoms with Gasteiger partial charge in [0.1, 0.15) is 0 Å². The lowest BCUT2D eigenvalue weighted by atomic mass is 9.94. The first-order valence-corrected chi connectivity index (χ1v) is 19.0. The standard InChI is InChI=1S/C50H28N4S/c51-29-31-10-9-11-32(24-31)36-22-20-33(25-34(36)30-52)37-23-21-35(26-47(37)54-45-17-6-1-12-38(45)39-13-2-7-18-46(39)54)53-44-16-5-3-14-40(44)42-28-50-43(27-48(42)53)41-15-4-8-19-49(41)55-50/h1-28H. The van der Waals surface area contributed by atoms with E-state index in [1.807, 2.05) is 41.7 Å². The van der Waals surface area contributed by atoms with Crippen molar-refractivity contribution in [3.8, 4) is 45.8 Å². The maximum Gasteiger partial charge on any atom is 0.0998 e. The highest BCUT2D eigenvalue weighted by Crippen LogP contribution is 2.43. The molecule has 0 saturated carbocycles. The Bertz CT molecular complexity index is 3420. The molecule has 254 valence electrons. The second-order valence-electron chi connectivity index (χ2n) is 14.0. The van der Waals surface area contributed by atoms with E-state index in [4.69, 9.17) is 0 Å². The van der Waals surface area contributed by atoms with E-state index >= 15 is 0 Å². The Labute approximate surface area is 320 Å². The third-order valence-corrected chi connectivity index (χ3v) is 12.1. The molecule has 3 aromatic heterocycles. The molecule has 0 bridgehead atoms. The van der Waals surface area contributed by atoms with E-state index in [0.717, 1.165) is 55.7 Å². The summed E-state index contributed by atoms with van der Waals surface area (Å²) < 4.78 is 7.36. The number of fused-ring (bicyclic) bond motifs is 9. The van der Waals surface area contributed by atoms with Gasteiger partial charge in [0, 0.05) is 53.0 Å². The van der Waals surface area contributed by atoms with Gasteiger partial charge in [-0.05, 0) is 83.4 Å². The van der Waals surface area contributed by atoms with Crippen molar-refractivity contribution in [3.05, 3.63) is 181 Å². The summed E-state index contributed by atoms with van der Waals surface area (Å²) in [4.78, 5) is 0. The number of aromatic nitrogens is 2. The minimum atomic E-state index is 0.555. The molecular formula is C50H28N4S. The molecule has 11 aromatic rings. The Hall–Kier alpha value is -7.44. The molecule has 55 heavy (non-hydrogen) atoms. The quantitative estimate of drug-likeness (QED) is 0.182. The van der Waals surface area contributed by atoms with Gasteiger partial charge in [-0.25, -0.2) is 0 Å². The number of hydrogen-bond donors (Lipinski definition) is 0. The predicted octanol–water partition coefficient (Wildman–Crippen LogP) is 13.3. The molecule has 0 saturated heterocycles. The van der Waals surface area contributed by atoms with Crippen molar-refractivity contribution in [3.63, 3.8) is 0 Å². The lowest BCUT2D eigenvalue weighted by Gasteiger charge is -2.18. The lowest BCUT2D eigenvalue weighted by Crippen LogP contribution is -2.01. The fourth-order valence-corrected chi connectivity index (χ4v) is 9.67. The Morgan fingerprint density at radius 3 is 1.76 bits per heavy atom. The van der Waals surface area contributed by atoms with Gasteiger partial charge in [-0.3, -0.25) is 0 Å². The van der Waals surface area contributed by atoms with Crippen LogP contribution in [-0.2, 0) is 0 Å². The summed E-state index contributed by atoms with van der Waals surface area (Å²) >= 11 is 1.85. The van der Waals surface area contributed by atoms with Gasteiger partial charge >= 0.3 is 0 Å². The van der Waals surface area contributed by atoms with Crippen LogP contribution in [0.4, 0.5) is 0 Å². The van der Waals surface area contributed by atoms with Crippen LogP contribution in [-0.4, -0.2) is 9.13 Å². The molecule has 0 spiro atoms. The molecule has 0 atom stereocenters. The van der Waals surface area contributed by atoms with Crippen LogP contribution >= 0.6 is 11.3 Å². The van der Waals surface area contributed by atoms with Crippen molar-refractivity contribution in [2.75, 3.05) is 0 Å². The van der Waals surface area contributed by atoms with Crippen LogP contribution in [0.1, 0.15) is 11.1 Å². The summed E-state index contributed by atoms with van der Waals surface area (Å²) in [7, 11) is 0. The van der Waals surface area contributed by atoms with Crippen molar-refractivity contribution in [2.45, 2.75) is 0 Å². The lowest BCUT2D eigenvalue weighted by molar-refractivity contribution is 1.14. The third kappa shape index (κ3) is 4.68. The van der Waals surface area contributed by atoms with Gasteiger partial charge in [-0.15, -0.1) is 11.3 Å². The van der Waals surface area contributed by atoms with E-state index in [2.05, 4.69) is 155 Å². The van der Waals surface area contributed by atoms with Crippen LogP contribution in [0, 0.1) is 22.7 Å². The van der Waals surface area contributed by atoms with Crippen LogP contribution < -0.4 is 0 Å². The average Bonchev–Trinajstić information content (AvgIpc) is 3.89. The summed E-state index contributed by atoms with van der Waals surface area (Å²) in [6.45, 7) is 0. The molecule has 4 nitrogen and oxygen atoms in total. The Morgan fingerprint density at radius 2 is 1.04 bits per heavy atom. The Kier molecular flexibility index (Phi) is 6.82. The van der Waals surface area contributed by atoms with E-state index in [1.54, 1.807) is 6.07 Å². The van der Waals surface area contributed by atoms with Crippen molar-refractivity contribution in [2.24, 2.45) is 0 Å². The zero-order valence-electron chi connectivity index (χ0n) is 29.4. The first-order chi connectivity index (χ1) is 27.2. The first kappa shape index (κ1) is 31.1. The van der Waals surface area contributed by atoms with Crippen molar-refractivity contribution < 1.29 is 0 Å². The monoisotopic (exact) mass is 716 g/mol. The van der Waals surface area contributed by atoms with Gasteiger partial charge in [0.25, 0.3) is 0 Å². The van der Waals surface area contributed by atoms with Crippen LogP contribution in [0.25, 0.3) is 97.4 Å². The van der Waals surface area contributed by atoms with Crippen LogP contribution in [0.2, 0.25) is 0 Å². The molecular weight excluding hydrogens is 689 g/mol. The van der Waals surface area contributed by atoms with Crippen LogP contribution in [0.3, 0.4) is 0 Å². The number of thiophene rings is 1. The number of benzene rings is 8. The molecule has 0 aliphatic heterocycles. The fourth-order valence-electron chi connectivity index (χ4n) is 8.55. The molecule has 11 rings (SSSR count). The highest BCUT2D eigenvalue weighted by molar-refractivity contribution is 7.25. The van der Waals surface area contributed by atoms with Crippen LogP contribution in [0.5, 0.6) is 0 Å². The number of para-hydroxylation sites is 3. The summed E-state index contributed by atoms with van der Waals surface area (Å²) in [5, 5.41) is 27.4. The Morgan fingerprint density at radius 1 is 0.400 bits per heavy atom. The molecule has 0 aliphatic carbocycles. The molecule has 0 aliphatic rings. The fraction of sp³-hybridized carbons (Fsp3) is 0. The molecule has 0 unspecified atom stereocenters. The van der Waals surface area contributed by atoms with E-state index in [0.29, 0.717) is 11.1 Å². The molecule has 0 radical (unpaired) electrons. The van der Waals surface area contributed by atoms with Crippen LogP contribution in [0.15, 0.2) is 170 Å². The molecule has 0 amide bonds. The zero-order valence-corrected chi connectivity index (χ0v) is 30.2. The minimum absolute atomic E-state index is 0.555. The largest absolute Gasteiger partial charge is 0.309 e. The minimum Gasteiger partial charge on any atom is -0.309 e. The number of nitriles is 2. The number of rotatable bonds is 4. The maximum atomic E-state index is 10.5. The number of nitrogens with zero attached hydrogens (tertiary/aromatic N) is 4. The van der Waals surface area contributed by atoms with E-state index in [-0.39, 0.29) is 0 Å². The second kappa shape index (κ2) is 12.0. The van der Waals surface area contributed by atoms with Gasteiger partial charge in [-0.1, -0.05) is 103 Å². The smallest absolute Gasteiger partial charge is 0.0998 e. The third-order valence-electron chi connectivity index (χ3n) is 11.0. The summed E-state index contributed by atoms with van der Waals surface area (Å²) in [5.41, 5.74) is 11.3. The summed E-state index contributed by atoms with van der Waals surface area (Å²) in [5.74, 6) is 0. The van der Waals surface area contributed by atoms with Crippen molar-refractivity contribution in [1.29, 1.82) is 10.5 Å². The van der Waals surface area contributed by atoms with Gasteiger partial charge < -0.3 is 9.13 Å². The van der Waals surface area contributed by atoms with Gasteiger partial charge in [0.05, 0.1) is 51.0 Å². The SMILES string of the molecule is N#Cc1cccc(-c2ccc(-c3ccc(-n4c5ccccc5c5cc6sc7ccccc7c6cc54)cc3-n3c4ccccc4c4ccccc43)cc2C#N)c1. The van der Waals surface area contributed by atoms with E-state index in [9.17, 15) is 10.5 Å². The predicted molar refractivity (Wildman–Crippen MR) is 228 cm³/mol. The molecule has 0 fully saturated rings. The maximum absolute atomic E-state index is 10.5. The van der Waals surface area contributed by atoms with E-state index in [1.165, 1.54) is 41.7 Å². The molecule has 8 aromatic carbocycles. The highest BCUT2D eigenvalue weighted by atomic mass is 32.1. The van der Waals surface area contributed by atoms with Gasteiger partial charge in [0.15, 0.2) is 0 Å². The molecule has 5 heteroatoms. The van der Waals surface area contributed by atoms with Gasteiger partial charge in [0.2, 0.25) is 0 Å². The van der Waals surface area contributed by atoms with E-state index < -0.39 is 0 Å². The van der Waals surface area contributed by atoms with Crippen molar-refractivity contribution >= 4 is 75.1 Å². The van der Waals surface area contributed by atoms with Crippen molar-refractivity contribution in [1.82, 2.24) is 9.13 Å². The molecule has 0 N–H and O–H groups in total. The molecule has 3 heterocycles. The average molecular weight is 717 g/mol. The second-order valence-corrected chi connectivity index (χ2v) is 15.0. The Balaban J connectivity index is 1.21. The summed E-state index contributed by atoms with van der Waals surface area (Å²) in [6.07, 6.45) is 0. The summed E-state index contributed by atoms with van der Waals surface area (Å²) in [6, 6.07) is 64.2. The zero-order chi connectivity index (χ0) is 36.6.